The van der Waals surface area contributed by atoms with Crippen molar-refractivity contribution >= 4 is 11.0 Å². The Morgan fingerprint density at radius 3 is 2.50 bits per heavy atom. The number of rotatable bonds is 10. The molecule has 0 bridgehead atoms. The second-order valence-corrected chi connectivity index (χ2v) is 10.1. The maximum absolute atomic E-state index is 4.87. The highest BCUT2D eigenvalue weighted by atomic mass is 15.2. The van der Waals surface area contributed by atoms with Crippen LogP contribution in [0.4, 0.5) is 0 Å². The smallest absolute Gasteiger partial charge is 0.141 e. The van der Waals surface area contributed by atoms with Crippen LogP contribution in [-0.2, 0) is 32.6 Å². The summed E-state index contributed by atoms with van der Waals surface area (Å²) >= 11 is 0. The molecular formula is C31H33N7. The van der Waals surface area contributed by atoms with Crippen molar-refractivity contribution in [3.8, 4) is 0 Å². The van der Waals surface area contributed by atoms with E-state index in [0.29, 0.717) is 12.5 Å². The van der Waals surface area contributed by atoms with Crippen LogP contribution in [-0.4, -0.2) is 36.4 Å². The second kappa shape index (κ2) is 11.6. The molecule has 5 aromatic rings. The number of H-pyrrole nitrogens is 1. The number of aromatic nitrogens is 5. The van der Waals surface area contributed by atoms with Crippen molar-refractivity contribution in [2.45, 2.75) is 51.4 Å². The van der Waals surface area contributed by atoms with Gasteiger partial charge in [-0.25, -0.2) is 15.0 Å². The van der Waals surface area contributed by atoms with Crippen molar-refractivity contribution in [3.05, 3.63) is 119 Å². The number of hydrogen-bond acceptors (Lipinski definition) is 6. The maximum atomic E-state index is 4.87. The molecule has 1 atom stereocenters. The lowest BCUT2D eigenvalue weighted by atomic mass is 9.86. The van der Waals surface area contributed by atoms with Crippen LogP contribution < -0.4 is 5.32 Å². The number of aryl methyl sites for hydroxylation is 1. The number of nitrogens with zero attached hydrogens (tertiary/aromatic N) is 5. The molecule has 3 aromatic heterocycles. The van der Waals surface area contributed by atoms with E-state index in [9.17, 15) is 0 Å². The van der Waals surface area contributed by atoms with Crippen LogP contribution in [0.2, 0.25) is 0 Å². The number of imidazole rings is 1. The quantitative estimate of drug-likeness (QED) is 0.274. The van der Waals surface area contributed by atoms with Gasteiger partial charge in [0.1, 0.15) is 11.6 Å². The molecule has 0 amide bonds. The number of aromatic amines is 1. The first-order valence-electron chi connectivity index (χ1n) is 13.4. The predicted molar refractivity (Wildman–Crippen MR) is 149 cm³/mol. The van der Waals surface area contributed by atoms with Crippen LogP contribution in [0, 0.1) is 0 Å². The Balaban J connectivity index is 1.16. The zero-order chi connectivity index (χ0) is 25.6. The third-order valence-corrected chi connectivity index (χ3v) is 7.26. The number of pyridine rings is 1. The third-order valence-electron chi connectivity index (χ3n) is 7.26. The molecule has 0 fully saturated rings. The van der Waals surface area contributed by atoms with Gasteiger partial charge in [0.2, 0.25) is 0 Å². The molecule has 1 unspecified atom stereocenters. The Morgan fingerprint density at radius 2 is 1.63 bits per heavy atom. The van der Waals surface area contributed by atoms with Crippen LogP contribution in [0.25, 0.3) is 11.0 Å². The Hall–Kier alpha value is -3.94. The monoisotopic (exact) mass is 503 g/mol. The van der Waals surface area contributed by atoms with Gasteiger partial charge in [0, 0.05) is 49.8 Å². The fraction of sp³-hybridized carbons (Fsp3) is 0.290. The van der Waals surface area contributed by atoms with Gasteiger partial charge in [-0.15, -0.1) is 0 Å². The summed E-state index contributed by atoms with van der Waals surface area (Å²) in [4.78, 5) is 24.3. The highest BCUT2D eigenvalue weighted by Crippen LogP contribution is 2.31. The van der Waals surface area contributed by atoms with E-state index in [2.05, 4.69) is 79.8 Å². The van der Waals surface area contributed by atoms with E-state index in [-0.39, 0.29) is 0 Å². The molecule has 7 nitrogen and oxygen atoms in total. The fourth-order valence-corrected chi connectivity index (χ4v) is 5.43. The SMILES string of the molecule is c1cnc(CNCc2ccc(CN(Cc3nc4ccccc4[nH]3)CC3CCCc4cccnc43)cc2)nc1. The second-order valence-electron chi connectivity index (χ2n) is 10.1. The molecule has 0 aliphatic heterocycles. The number of hydrogen-bond donors (Lipinski definition) is 2. The Bertz CT molecular complexity index is 1430. The van der Waals surface area contributed by atoms with Gasteiger partial charge in [-0.2, -0.15) is 0 Å². The normalized spacial score (nSPS) is 15.1. The summed E-state index contributed by atoms with van der Waals surface area (Å²) in [5.41, 5.74) is 7.34. The molecule has 38 heavy (non-hydrogen) atoms. The van der Waals surface area contributed by atoms with Gasteiger partial charge in [0.05, 0.1) is 24.1 Å². The third kappa shape index (κ3) is 5.96. The molecule has 0 spiro atoms. The van der Waals surface area contributed by atoms with E-state index < -0.39 is 0 Å². The van der Waals surface area contributed by atoms with Gasteiger partial charge in [-0.3, -0.25) is 9.88 Å². The summed E-state index contributed by atoms with van der Waals surface area (Å²) in [5.74, 6) is 2.25. The minimum atomic E-state index is 0.438. The number of para-hydroxylation sites is 2. The topological polar surface area (TPSA) is 82.6 Å². The van der Waals surface area contributed by atoms with Gasteiger partial charge < -0.3 is 10.3 Å². The number of benzene rings is 2. The van der Waals surface area contributed by atoms with Crippen molar-refractivity contribution in [2.24, 2.45) is 0 Å². The zero-order valence-corrected chi connectivity index (χ0v) is 21.6. The molecule has 0 radical (unpaired) electrons. The van der Waals surface area contributed by atoms with Crippen molar-refractivity contribution in [3.63, 3.8) is 0 Å². The summed E-state index contributed by atoms with van der Waals surface area (Å²) in [7, 11) is 0. The first-order valence-corrected chi connectivity index (χ1v) is 13.4. The summed E-state index contributed by atoms with van der Waals surface area (Å²) in [5, 5.41) is 3.43. The summed E-state index contributed by atoms with van der Waals surface area (Å²) in [6, 6.07) is 23.3. The highest BCUT2D eigenvalue weighted by molar-refractivity contribution is 5.74. The minimum absolute atomic E-state index is 0.438. The van der Waals surface area contributed by atoms with Crippen LogP contribution in [0.3, 0.4) is 0 Å². The van der Waals surface area contributed by atoms with Crippen LogP contribution >= 0.6 is 0 Å². The van der Waals surface area contributed by atoms with Gasteiger partial charge in [0.25, 0.3) is 0 Å². The van der Waals surface area contributed by atoms with Crippen molar-refractivity contribution in [2.75, 3.05) is 6.54 Å². The molecule has 2 N–H and O–H groups in total. The van der Waals surface area contributed by atoms with Gasteiger partial charge in [-0.05, 0) is 60.2 Å². The van der Waals surface area contributed by atoms with Crippen molar-refractivity contribution in [1.82, 2.24) is 35.1 Å². The first kappa shape index (κ1) is 24.4. The molecule has 1 aliphatic carbocycles. The molecule has 0 saturated heterocycles. The molecule has 1 aliphatic rings. The van der Waals surface area contributed by atoms with E-state index in [1.807, 2.05) is 18.3 Å². The fourth-order valence-electron chi connectivity index (χ4n) is 5.43. The van der Waals surface area contributed by atoms with E-state index in [0.717, 1.165) is 55.3 Å². The molecule has 6 rings (SSSR count). The summed E-state index contributed by atoms with van der Waals surface area (Å²) in [6.45, 7) is 4.03. The van der Waals surface area contributed by atoms with E-state index in [1.165, 1.54) is 35.2 Å². The molecular weight excluding hydrogens is 470 g/mol. The first-order chi connectivity index (χ1) is 18.8. The number of nitrogens with one attached hydrogen (secondary N) is 2. The van der Waals surface area contributed by atoms with Crippen molar-refractivity contribution < 1.29 is 0 Å². The summed E-state index contributed by atoms with van der Waals surface area (Å²) in [6.07, 6.45) is 9.02. The van der Waals surface area contributed by atoms with E-state index in [1.54, 1.807) is 12.4 Å². The maximum Gasteiger partial charge on any atom is 0.141 e. The van der Waals surface area contributed by atoms with Crippen molar-refractivity contribution in [1.29, 1.82) is 0 Å². The highest BCUT2D eigenvalue weighted by Gasteiger charge is 2.24. The average molecular weight is 504 g/mol. The molecule has 192 valence electrons. The Morgan fingerprint density at radius 1 is 0.816 bits per heavy atom. The summed E-state index contributed by atoms with van der Waals surface area (Å²) < 4.78 is 0. The van der Waals surface area contributed by atoms with E-state index in [4.69, 9.17) is 9.97 Å². The predicted octanol–water partition coefficient (Wildman–Crippen LogP) is 5.16. The molecule has 0 saturated carbocycles. The average Bonchev–Trinajstić information content (AvgIpc) is 3.37. The van der Waals surface area contributed by atoms with Gasteiger partial charge in [-0.1, -0.05) is 42.5 Å². The molecule has 2 aromatic carbocycles. The molecule has 7 heteroatoms. The Labute approximate surface area is 223 Å². The lowest BCUT2D eigenvalue weighted by molar-refractivity contribution is 0.225. The van der Waals surface area contributed by atoms with E-state index >= 15 is 0 Å². The lowest BCUT2D eigenvalue weighted by Gasteiger charge is -2.30. The zero-order valence-electron chi connectivity index (χ0n) is 21.6. The number of fused-ring (bicyclic) bond motifs is 2. The van der Waals surface area contributed by atoms with Crippen LogP contribution in [0.1, 0.15) is 52.8 Å². The standard InChI is InChI=1S/C31H33N7/c1-2-10-28-27(9-1)36-30(37-28)22-38(21-26-7-3-6-25-8-4-15-35-31(25)26)20-24-13-11-23(12-14-24)18-32-19-29-33-16-5-17-34-29/h1-2,4-5,8-17,26,32H,3,6-7,18-22H2,(H,36,37). The molecule has 3 heterocycles. The lowest BCUT2D eigenvalue weighted by Crippen LogP contribution is -2.30. The van der Waals surface area contributed by atoms with Crippen LogP contribution in [0.15, 0.2) is 85.3 Å². The Kier molecular flexibility index (Phi) is 7.47. The minimum Gasteiger partial charge on any atom is -0.341 e. The van der Waals surface area contributed by atoms with Gasteiger partial charge in [0.15, 0.2) is 0 Å². The van der Waals surface area contributed by atoms with Gasteiger partial charge >= 0.3 is 0 Å². The van der Waals surface area contributed by atoms with Crippen LogP contribution in [0.5, 0.6) is 0 Å². The largest absolute Gasteiger partial charge is 0.341 e.